The highest BCUT2D eigenvalue weighted by Gasteiger charge is 2.53. The van der Waals surface area contributed by atoms with E-state index in [2.05, 4.69) is 55.6 Å². The maximum absolute atomic E-state index is 13.3. The van der Waals surface area contributed by atoms with Crippen LogP contribution in [0.4, 0.5) is 0 Å². The number of allylic oxidation sites excluding steroid dienone is 7. The Kier molecular flexibility index (Phi) is 34.9. The average molecular weight is 1060 g/mol. The van der Waals surface area contributed by atoms with Gasteiger partial charge in [0, 0.05) is 6.42 Å². The lowest BCUT2D eigenvalue weighted by molar-refractivity contribution is -0.379. The van der Waals surface area contributed by atoms with E-state index < -0.39 is 124 Å². The zero-order chi connectivity index (χ0) is 54.1. The Morgan fingerprint density at radius 1 is 0.500 bits per heavy atom. The number of hydrogen-bond acceptors (Lipinski definition) is 18. The lowest BCUT2D eigenvalue weighted by Crippen LogP contribution is -2.66. The van der Waals surface area contributed by atoms with Crippen LogP contribution < -0.4 is 5.32 Å². The molecule has 430 valence electrons. The van der Waals surface area contributed by atoms with Gasteiger partial charge in [-0.2, -0.15) is 0 Å². The van der Waals surface area contributed by atoms with Crippen molar-refractivity contribution in [2.24, 2.45) is 0 Å². The van der Waals surface area contributed by atoms with Gasteiger partial charge in [0.25, 0.3) is 0 Å². The van der Waals surface area contributed by atoms with Gasteiger partial charge in [-0.3, -0.25) is 4.79 Å². The molecule has 17 unspecified atom stereocenters. The number of amides is 1. The Morgan fingerprint density at radius 3 is 1.46 bits per heavy atom. The third-order valence-corrected chi connectivity index (χ3v) is 13.9. The molecule has 3 aliphatic heterocycles. The Labute approximate surface area is 440 Å². The topological polar surface area (TPSA) is 307 Å². The van der Waals surface area contributed by atoms with Gasteiger partial charge >= 0.3 is 0 Å². The van der Waals surface area contributed by atoms with Gasteiger partial charge in [0.05, 0.1) is 38.6 Å². The predicted molar refractivity (Wildman–Crippen MR) is 277 cm³/mol. The molecule has 12 N–H and O–H groups in total. The van der Waals surface area contributed by atoms with Gasteiger partial charge in [-0.1, -0.05) is 152 Å². The molecule has 1 amide bonds. The van der Waals surface area contributed by atoms with E-state index in [0.29, 0.717) is 6.42 Å². The summed E-state index contributed by atoms with van der Waals surface area (Å²) < 4.78 is 34.2. The number of hydrogen-bond donors (Lipinski definition) is 12. The number of rotatable bonds is 39. The number of aliphatic hydroxyl groups is 11. The van der Waals surface area contributed by atoms with Crippen molar-refractivity contribution < 1.29 is 89.4 Å². The molecule has 0 aromatic rings. The van der Waals surface area contributed by atoms with Crippen LogP contribution in [0.1, 0.15) is 162 Å². The van der Waals surface area contributed by atoms with Crippen molar-refractivity contribution >= 4 is 5.91 Å². The van der Waals surface area contributed by atoms with E-state index in [0.717, 1.165) is 77.0 Å². The summed E-state index contributed by atoms with van der Waals surface area (Å²) in [5.74, 6) is -0.296. The summed E-state index contributed by atoms with van der Waals surface area (Å²) in [5, 5.41) is 120. The van der Waals surface area contributed by atoms with Crippen LogP contribution in [0, 0.1) is 0 Å². The van der Waals surface area contributed by atoms with Gasteiger partial charge in [-0.25, -0.2) is 0 Å². The van der Waals surface area contributed by atoms with Gasteiger partial charge in [0.2, 0.25) is 5.91 Å². The van der Waals surface area contributed by atoms with Gasteiger partial charge in [-0.15, -0.1) is 0 Å². The Bertz CT molecular complexity index is 1550. The van der Waals surface area contributed by atoms with Gasteiger partial charge in [0.1, 0.15) is 73.2 Å². The van der Waals surface area contributed by atoms with Crippen molar-refractivity contribution in [1.82, 2.24) is 5.32 Å². The SMILES string of the molecule is CC/C=C\C/C=C\C/C=C\CCCCCCCC(=O)NC(COC1OC(CO)C(OC2OC(CO)C(OC3OC(CO)C(O)C(O)C3O)C(O)C2O)C(O)C1O)C(O)/C=C/CCCCCCCCCCCCCC. The average Bonchev–Trinajstić information content (AvgIpc) is 3.40. The van der Waals surface area contributed by atoms with Crippen molar-refractivity contribution in [3.63, 3.8) is 0 Å². The third kappa shape index (κ3) is 23.8. The van der Waals surface area contributed by atoms with Crippen molar-refractivity contribution in [2.45, 2.75) is 266 Å². The molecule has 17 atom stereocenters. The van der Waals surface area contributed by atoms with Gasteiger partial charge < -0.3 is 89.9 Å². The second-order valence-electron chi connectivity index (χ2n) is 20.0. The second kappa shape index (κ2) is 39.2. The maximum Gasteiger partial charge on any atom is 0.220 e. The highest BCUT2D eigenvalue weighted by Crippen LogP contribution is 2.33. The smallest absolute Gasteiger partial charge is 0.220 e. The first kappa shape index (κ1) is 66.0. The van der Waals surface area contributed by atoms with Gasteiger partial charge in [0.15, 0.2) is 18.9 Å². The van der Waals surface area contributed by atoms with Crippen molar-refractivity contribution in [3.8, 4) is 0 Å². The summed E-state index contributed by atoms with van der Waals surface area (Å²) in [7, 11) is 0. The van der Waals surface area contributed by atoms with Crippen molar-refractivity contribution in [3.05, 3.63) is 48.6 Å². The lowest BCUT2D eigenvalue weighted by atomic mass is 9.96. The van der Waals surface area contributed by atoms with Crippen LogP contribution in [-0.4, -0.2) is 193 Å². The molecule has 19 heteroatoms. The quantitative estimate of drug-likeness (QED) is 0.0310. The fourth-order valence-corrected chi connectivity index (χ4v) is 9.26. The molecule has 0 aromatic heterocycles. The molecule has 0 aromatic carbocycles. The fraction of sp³-hybridized carbons (Fsp3) is 0.836. The van der Waals surface area contributed by atoms with Gasteiger partial charge in [-0.05, 0) is 51.4 Å². The first-order valence-corrected chi connectivity index (χ1v) is 27.9. The predicted octanol–water partition coefficient (Wildman–Crippen LogP) is 3.53. The zero-order valence-electron chi connectivity index (χ0n) is 44.3. The van der Waals surface area contributed by atoms with Crippen molar-refractivity contribution in [2.75, 3.05) is 26.4 Å². The number of aliphatic hydroxyl groups excluding tert-OH is 11. The number of ether oxygens (including phenoxy) is 6. The molecule has 0 radical (unpaired) electrons. The summed E-state index contributed by atoms with van der Waals surface area (Å²) >= 11 is 0. The lowest BCUT2D eigenvalue weighted by Gasteiger charge is -2.48. The molecule has 74 heavy (non-hydrogen) atoms. The van der Waals surface area contributed by atoms with E-state index in [4.69, 9.17) is 28.4 Å². The normalized spacial score (nSPS) is 31.8. The van der Waals surface area contributed by atoms with Crippen LogP contribution in [-0.2, 0) is 33.2 Å². The van der Waals surface area contributed by atoms with Crippen LogP contribution in [0.2, 0.25) is 0 Å². The summed E-state index contributed by atoms with van der Waals surface area (Å²) in [5.41, 5.74) is 0. The van der Waals surface area contributed by atoms with E-state index in [1.54, 1.807) is 6.08 Å². The molecule has 3 rings (SSSR count). The molecule has 3 fully saturated rings. The number of unbranched alkanes of at least 4 members (excludes halogenated alkanes) is 17. The molecule has 0 bridgehead atoms. The second-order valence-corrected chi connectivity index (χ2v) is 20.0. The summed E-state index contributed by atoms with van der Waals surface area (Å²) in [6, 6.07) is -0.981. The minimum atomic E-state index is -1.98. The van der Waals surface area contributed by atoms with Crippen LogP contribution in [0.3, 0.4) is 0 Å². The van der Waals surface area contributed by atoms with Crippen LogP contribution in [0.5, 0.6) is 0 Å². The number of carbonyl (C=O) groups excluding carboxylic acids is 1. The molecule has 0 spiro atoms. The van der Waals surface area contributed by atoms with E-state index in [-0.39, 0.29) is 18.9 Å². The molecule has 3 heterocycles. The molecular formula is C55H97NO18. The Morgan fingerprint density at radius 2 is 0.932 bits per heavy atom. The largest absolute Gasteiger partial charge is 0.394 e. The molecule has 0 aliphatic carbocycles. The molecular weight excluding hydrogens is 963 g/mol. The molecule has 19 nitrogen and oxygen atoms in total. The molecule has 3 saturated heterocycles. The number of carbonyl (C=O) groups is 1. The Hall–Kier alpha value is -2.25. The van der Waals surface area contributed by atoms with E-state index in [9.17, 15) is 61.0 Å². The van der Waals surface area contributed by atoms with Crippen molar-refractivity contribution in [1.29, 1.82) is 0 Å². The minimum absolute atomic E-state index is 0.222. The molecule has 0 saturated carbocycles. The first-order valence-electron chi connectivity index (χ1n) is 27.9. The third-order valence-electron chi connectivity index (χ3n) is 13.9. The highest BCUT2D eigenvalue weighted by molar-refractivity contribution is 5.76. The highest BCUT2D eigenvalue weighted by atomic mass is 16.8. The van der Waals surface area contributed by atoms with Crippen LogP contribution in [0.25, 0.3) is 0 Å². The Balaban J connectivity index is 1.55. The van der Waals surface area contributed by atoms with Crippen LogP contribution in [0.15, 0.2) is 48.6 Å². The van der Waals surface area contributed by atoms with E-state index in [1.807, 2.05) is 6.08 Å². The first-order chi connectivity index (χ1) is 35.8. The van der Waals surface area contributed by atoms with Crippen LogP contribution >= 0.6 is 0 Å². The molecule has 3 aliphatic rings. The van der Waals surface area contributed by atoms with E-state index >= 15 is 0 Å². The minimum Gasteiger partial charge on any atom is -0.394 e. The monoisotopic (exact) mass is 1060 g/mol. The fourth-order valence-electron chi connectivity index (χ4n) is 9.26. The summed E-state index contributed by atoms with van der Waals surface area (Å²) in [6.07, 6.45) is 13.8. The van der Waals surface area contributed by atoms with E-state index in [1.165, 1.54) is 57.8 Å². The number of nitrogens with one attached hydrogen (secondary N) is 1. The summed E-state index contributed by atoms with van der Waals surface area (Å²) in [4.78, 5) is 13.3. The maximum atomic E-state index is 13.3. The zero-order valence-corrected chi connectivity index (χ0v) is 44.3. The standard InChI is InChI=1S/C55H97NO18/c1-3-5-7-9-11-13-15-17-19-21-23-25-27-29-31-33-43(61)56-38(39(60)32-30-28-26-24-22-20-18-16-14-12-10-8-6-4-2)37-69-53-49(67)46(64)51(41(35-58)71-53)74-55-50(68)47(65)52(42(36-59)72-55)73-54-48(66)45(63)44(62)40(34-57)70-54/h5,7,11,13,17,19,30,32,38-42,44-55,57-60,62-68H,3-4,6,8-10,12,14-16,18,20-29,31,33-37H2,1-2H3,(H,56,61)/b7-5-,13-11-,19-17-,32-30+. The summed E-state index contributed by atoms with van der Waals surface area (Å²) in [6.45, 7) is 1.56.